The van der Waals surface area contributed by atoms with Crippen LogP contribution in [-0.2, 0) is 4.79 Å². The van der Waals surface area contributed by atoms with Crippen LogP contribution < -0.4 is 4.74 Å². The van der Waals surface area contributed by atoms with Crippen LogP contribution in [0.25, 0.3) is 21.3 Å². The van der Waals surface area contributed by atoms with Gasteiger partial charge in [-0.05, 0) is 24.6 Å². The Morgan fingerprint density at radius 1 is 1.30 bits per heavy atom. The number of nitrogens with zero attached hydrogens (tertiary/aromatic N) is 2. The zero-order valence-electron chi connectivity index (χ0n) is 12.5. The van der Waals surface area contributed by atoms with E-state index in [-0.39, 0.29) is 0 Å². The van der Waals surface area contributed by atoms with E-state index in [1.165, 1.54) is 29.4 Å². The quantitative estimate of drug-likeness (QED) is 0.557. The lowest BCUT2D eigenvalue weighted by atomic mass is 10.1. The van der Waals surface area contributed by atoms with Gasteiger partial charge in [0.1, 0.15) is 27.2 Å². The molecule has 0 radical (unpaired) electrons. The van der Waals surface area contributed by atoms with Crippen LogP contribution in [0.2, 0.25) is 0 Å². The molecule has 1 aromatic carbocycles. The molecule has 0 saturated heterocycles. The maximum absolute atomic E-state index is 11.1. The summed E-state index contributed by atoms with van der Waals surface area (Å²) >= 11 is 2.76. The van der Waals surface area contributed by atoms with Crippen molar-refractivity contribution in [3.63, 3.8) is 0 Å². The van der Waals surface area contributed by atoms with Crippen molar-refractivity contribution in [3.05, 3.63) is 36.0 Å². The summed E-state index contributed by atoms with van der Waals surface area (Å²) in [4.78, 5) is 20.6. The molecular weight excluding hydrogens is 332 g/mol. The van der Waals surface area contributed by atoms with Crippen LogP contribution >= 0.6 is 23.1 Å². The zero-order valence-corrected chi connectivity index (χ0v) is 14.1. The van der Waals surface area contributed by atoms with Crippen LogP contribution in [0, 0.1) is 0 Å². The average molecular weight is 346 g/mol. The molecule has 0 bridgehead atoms. The van der Waals surface area contributed by atoms with E-state index < -0.39 is 11.2 Å². The summed E-state index contributed by atoms with van der Waals surface area (Å²) < 4.78 is 5.19. The Morgan fingerprint density at radius 3 is 2.70 bits per heavy atom. The van der Waals surface area contributed by atoms with E-state index in [0.29, 0.717) is 5.03 Å². The summed E-state index contributed by atoms with van der Waals surface area (Å²) in [5, 5.41) is 12.2. The standard InChI is InChI=1S/C16H14N2O3S2/c1-9(16(19)20)23-15-13-12(7-22-14(13)17-8-18-15)10-3-5-11(21-2)6-4-10/h3-9H,1-2H3,(H,19,20)/t9-/m1/s1. The number of hydrogen-bond donors (Lipinski definition) is 1. The van der Waals surface area contributed by atoms with E-state index in [4.69, 9.17) is 9.84 Å². The third-order valence-electron chi connectivity index (χ3n) is 3.37. The number of carboxylic acids is 1. The molecule has 1 N–H and O–H groups in total. The molecule has 3 rings (SSSR count). The fourth-order valence-electron chi connectivity index (χ4n) is 2.14. The highest BCUT2D eigenvalue weighted by molar-refractivity contribution is 8.00. The second-order valence-electron chi connectivity index (χ2n) is 4.84. The third-order valence-corrected chi connectivity index (χ3v) is 5.35. The number of thioether (sulfide) groups is 1. The molecule has 0 aliphatic heterocycles. The predicted molar refractivity (Wildman–Crippen MR) is 92.4 cm³/mol. The minimum absolute atomic E-state index is 0.572. The second kappa shape index (κ2) is 6.55. The molecule has 0 fully saturated rings. The SMILES string of the molecule is COc1ccc(-c2csc3ncnc(S[C@H](C)C(=O)O)c23)cc1. The summed E-state index contributed by atoms with van der Waals surface area (Å²) in [5.41, 5.74) is 2.03. The first-order valence-electron chi connectivity index (χ1n) is 6.86. The smallest absolute Gasteiger partial charge is 0.316 e. The molecule has 1 atom stereocenters. The van der Waals surface area contributed by atoms with Crippen molar-refractivity contribution in [2.24, 2.45) is 0 Å². The number of aliphatic carboxylic acids is 1. The second-order valence-corrected chi connectivity index (χ2v) is 7.02. The molecule has 23 heavy (non-hydrogen) atoms. The molecular formula is C16H14N2O3S2. The van der Waals surface area contributed by atoms with E-state index in [2.05, 4.69) is 9.97 Å². The van der Waals surface area contributed by atoms with E-state index in [1.807, 2.05) is 29.6 Å². The van der Waals surface area contributed by atoms with Gasteiger partial charge in [-0.1, -0.05) is 23.9 Å². The zero-order chi connectivity index (χ0) is 16.4. The molecule has 118 valence electrons. The predicted octanol–water partition coefficient (Wildman–Crippen LogP) is 3.93. The Morgan fingerprint density at radius 2 is 2.04 bits per heavy atom. The van der Waals surface area contributed by atoms with Crippen molar-refractivity contribution >= 4 is 39.3 Å². The van der Waals surface area contributed by atoms with E-state index in [1.54, 1.807) is 14.0 Å². The van der Waals surface area contributed by atoms with E-state index >= 15 is 0 Å². The molecule has 0 unspecified atom stereocenters. The van der Waals surface area contributed by atoms with Crippen molar-refractivity contribution in [2.45, 2.75) is 17.2 Å². The number of hydrogen-bond acceptors (Lipinski definition) is 6. The monoisotopic (exact) mass is 346 g/mol. The maximum atomic E-state index is 11.1. The molecule has 2 aromatic heterocycles. The van der Waals surface area contributed by atoms with Gasteiger partial charge in [-0.3, -0.25) is 4.79 Å². The molecule has 2 heterocycles. The van der Waals surface area contributed by atoms with Crippen LogP contribution in [0.15, 0.2) is 41.0 Å². The first-order valence-corrected chi connectivity index (χ1v) is 8.62. The van der Waals surface area contributed by atoms with Gasteiger partial charge >= 0.3 is 5.97 Å². The van der Waals surface area contributed by atoms with Crippen LogP contribution in [-0.4, -0.2) is 33.4 Å². The number of benzene rings is 1. The molecule has 3 aromatic rings. The number of carboxylic acid groups (broad SMARTS) is 1. The number of aromatic nitrogens is 2. The number of ether oxygens (including phenoxy) is 1. The van der Waals surface area contributed by atoms with Crippen LogP contribution in [0.4, 0.5) is 0 Å². The van der Waals surface area contributed by atoms with Gasteiger partial charge in [0, 0.05) is 10.9 Å². The van der Waals surface area contributed by atoms with Gasteiger partial charge < -0.3 is 9.84 Å². The first-order chi connectivity index (χ1) is 11.1. The highest BCUT2D eigenvalue weighted by atomic mass is 32.2. The minimum Gasteiger partial charge on any atom is -0.497 e. The van der Waals surface area contributed by atoms with Crippen LogP contribution in [0.5, 0.6) is 5.75 Å². The Bertz CT molecular complexity index is 846. The molecule has 0 saturated carbocycles. The van der Waals surface area contributed by atoms with Crippen molar-refractivity contribution in [1.29, 1.82) is 0 Å². The normalized spacial score (nSPS) is 12.3. The fraction of sp³-hybridized carbons (Fsp3) is 0.188. The fourth-order valence-corrected chi connectivity index (χ4v) is 3.99. The lowest BCUT2D eigenvalue weighted by Gasteiger charge is -2.08. The van der Waals surface area contributed by atoms with Gasteiger partial charge in [0.25, 0.3) is 0 Å². The van der Waals surface area contributed by atoms with Gasteiger partial charge in [0.2, 0.25) is 0 Å². The van der Waals surface area contributed by atoms with Gasteiger partial charge in [0.05, 0.1) is 12.5 Å². The molecule has 0 aliphatic carbocycles. The summed E-state index contributed by atoms with van der Waals surface area (Å²) in [7, 11) is 1.63. The first kappa shape index (κ1) is 15.8. The third kappa shape index (κ3) is 3.16. The number of carbonyl (C=O) groups is 1. The number of thiophene rings is 1. The summed E-state index contributed by atoms with van der Waals surface area (Å²) in [5.74, 6) is -0.0679. The topological polar surface area (TPSA) is 72.3 Å². The maximum Gasteiger partial charge on any atom is 0.316 e. The molecule has 7 heteroatoms. The molecule has 0 amide bonds. The van der Waals surface area contributed by atoms with Gasteiger partial charge in [-0.2, -0.15) is 0 Å². The Balaban J connectivity index is 2.08. The number of methoxy groups -OCH3 is 1. The van der Waals surface area contributed by atoms with Crippen molar-refractivity contribution in [3.8, 4) is 16.9 Å². The minimum atomic E-state index is -0.858. The summed E-state index contributed by atoms with van der Waals surface area (Å²) in [6.07, 6.45) is 1.48. The number of rotatable bonds is 5. The van der Waals surface area contributed by atoms with Crippen LogP contribution in [0.1, 0.15) is 6.92 Å². The van der Waals surface area contributed by atoms with E-state index in [9.17, 15) is 4.79 Å². The van der Waals surface area contributed by atoms with Crippen molar-refractivity contribution in [1.82, 2.24) is 9.97 Å². The molecule has 0 aliphatic rings. The largest absolute Gasteiger partial charge is 0.497 e. The summed E-state index contributed by atoms with van der Waals surface area (Å²) in [6.45, 7) is 1.65. The highest BCUT2D eigenvalue weighted by Gasteiger charge is 2.19. The van der Waals surface area contributed by atoms with Gasteiger partial charge in [-0.15, -0.1) is 11.3 Å². The van der Waals surface area contributed by atoms with Crippen molar-refractivity contribution in [2.75, 3.05) is 7.11 Å². The van der Waals surface area contributed by atoms with Crippen LogP contribution in [0.3, 0.4) is 0 Å². The van der Waals surface area contributed by atoms with Gasteiger partial charge in [-0.25, -0.2) is 9.97 Å². The Labute approximate surface area is 141 Å². The highest BCUT2D eigenvalue weighted by Crippen LogP contribution is 2.39. The molecule has 5 nitrogen and oxygen atoms in total. The number of fused-ring (bicyclic) bond motifs is 1. The molecule has 0 spiro atoms. The van der Waals surface area contributed by atoms with Crippen molar-refractivity contribution < 1.29 is 14.6 Å². The summed E-state index contributed by atoms with van der Waals surface area (Å²) in [6, 6.07) is 7.75. The van der Waals surface area contributed by atoms with E-state index in [0.717, 1.165) is 27.1 Å². The Hall–Kier alpha value is -2.12. The lowest BCUT2D eigenvalue weighted by Crippen LogP contribution is -2.11. The average Bonchev–Trinajstić information content (AvgIpc) is 3.00. The Kier molecular flexibility index (Phi) is 4.49. The lowest BCUT2D eigenvalue weighted by molar-refractivity contribution is -0.136. The van der Waals surface area contributed by atoms with Gasteiger partial charge in [0.15, 0.2) is 0 Å².